The molecule has 1 N–H and O–H groups in total. The Morgan fingerprint density at radius 3 is 2.65 bits per heavy atom. The molecule has 0 atom stereocenters. The van der Waals surface area contributed by atoms with E-state index < -0.39 is 0 Å². The van der Waals surface area contributed by atoms with Crippen molar-refractivity contribution in [1.82, 2.24) is 4.98 Å². The number of benzene rings is 1. The number of carbonyl (C=O) groups is 1. The second-order valence-corrected chi connectivity index (χ2v) is 6.20. The molecule has 1 aromatic carbocycles. The van der Waals surface area contributed by atoms with Crippen molar-refractivity contribution in [2.24, 2.45) is 0 Å². The normalized spacial score (nSPS) is 14.5. The van der Waals surface area contributed by atoms with Crippen molar-refractivity contribution in [3.63, 3.8) is 0 Å². The molecule has 2 aromatic rings. The minimum Gasteiger partial charge on any atom is -0.378 e. The highest BCUT2D eigenvalue weighted by Gasteiger charge is 2.12. The van der Waals surface area contributed by atoms with Crippen molar-refractivity contribution in [2.45, 2.75) is 4.90 Å². The van der Waals surface area contributed by atoms with Crippen molar-refractivity contribution >= 4 is 29.2 Å². The summed E-state index contributed by atoms with van der Waals surface area (Å²) in [5.74, 6) is 1.28. The van der Waals surface area contributed by atoms with Gasteiger partial charge in [0.25, 0.3) is 0 Å². The van der Waals surface area contributed by atoms with Gasteiger partial charge in [-0.05, 0) is 24.3 Å². The largest absolute Gasteiger partial charge is 0.378 e. The lowest BCUT2D eigenvalue weighted by atomic mass is 10.3. The minimum atomic E-state index is -0.0280. The summed E-state index contributed by atoms with van der Waals surface area (Å²) in [4.78, 5) is 19.7. The molecule has 0 unspecified atom stereocenters. The fraction of sp³-hybridized carbons (Fsp3) is 0.294. The van der Waals surface area contributed by atoms with Gasteiger partial charge in [-0.1, -0.05) is 18.2 Å². The molecule has 0 radical (unpaired) electrons. The number of morpholine rings is 1. The van der Waals surface area contributed by atoms with Gasteiger partial charge in [0.15, 0.2) is 0 Å². The van der Waals surface area contributed by atoms with E-state index in [-0.39, 0.29) is 5.91 Å². The first-order valence-corrected chi connectivity index (χ1v) is 8.56. The van der Waals surface area contributed by atoms with E-state index in [0.717, 1.165) is 42.7 Å². The molecule has 1 aliphatic heterocycles. The topological polar surface area (TPSA) is 54.5 Å². The monoisotopic (exact) mass is 329 g/mol. The standard InChI is InChI=1S/C17H19N3O2S/c21-17(13-23-15-4-2-1-3-5-15)19-14-6-7-16(18-12-14)20-8-10-22-11-9-20/h1-7,12H,8-11,13H2,(H,19,21). The van der Waals surface area contributed by atoms with Crippen molar-refractivity contribution in [3.05, 3.63) is 48.7 Å². The first-order chi connectivity index (χ1) is 11.3. The summed E-state index contributed by atoms with van der Waals surface area (Å²) in [6.45, 7) is 3.17. The second kappa shape index (κ2) is 7.99. The Labute approximate surface area is 140 Å². The zero-order chi connectivity index (χ0) is 15.9. The van der Waals surface area contributed by atoms with Gasteiger partial charge in [0.05, 0.1) is 30.9 Å². The number of hydrogen-bond donors (Lipinski definition) is 1. The van der Waals surface area contributed by atoms with Crippen LogP contribution in [-0.4, -0.2) is 42.9 Å². The van der Waals surface area contributed by atoms with Crippen molar-refractivity contribution in [1.29, 1.82) is 0 Å². The van der Waals surface area contributed by atoms with Gasteiger partial charge in [-0.25, -0.2) is 4.98 Å². The molecule has 1 aliphatic rings. The SMILES string of the molecule is O=C(CSc1ccccc1)Nc1ccc(N2CCOCC2)nc1. The molecule has 0 bridgehead atoms. The highest BCUT2D eigenvalue weighted by atomic mass is 32.2. The molecule has 2 heterocycles. The number of nitrogens with one attached hydrogen (secondary N) is 1. The Kier molecular flexibility index (Phi) is 5.50. The van der Waals surface area contributed by atoms with Crippen LogP contribution in [0, 0.1) is 0 Å². The molecule has 1 aromatic heterocycles. The van der Waals surface area contributed by atoms with E-state index in [1.54, 1.807) is 6.20 Å². The predicted molar refractivity (Wildman–Crippen MR) is 93.1 cm³/mol. The molecule has 120 valence electrons. The van der Waals surface area contributed by atoms with Crippen LogP contribution in [0.4, 0.5) is 11.5 Å². The average molecular weight is 329 g/mol. The van der Waals surface area contributed by atoms with Crippen LogP contribution < -0.4 is 10.2 Å². The third-order valence-electron chi connectivity index (χ3n) is 3.48. The van der Waals surface area contributed by atoms with E-state index >= 15 is 0 Å². The Balaban J connectivity index is 1.50. The molecule has 1 saturated heterocycles. The molecule has 0 saturated carbocycles. The van der Waals surface area contributed by atoms with Crippen LogP contribution in [0.2, 0.25) is 0 Å². The number of aromatic nitrogens is 1. The van der Waals surface area contributed by atoms with Crippen LogP contribution in [0.25, 0.3) is 0 Å². The molecular formula is C17H19N3O2S. The molecule has 6 heteroatoms. The van der Waals surface area contributed by atoms with Crippen LogP contribution in [-0.2, 0) is 9.53 Å². The highest BCUT2D eigenvalue weighted by molar-refractivity contribution is 8.00. The van der Waals surface area contributed by atoms with Gasteiger partial charge >= 0.3 is 0 Å². The van der Waals surface area contributed by atoms with Crippen LogP contribution in [0.1, 0.15) is 0 Å². The van der Waals surface area contributed by atoms with Gasteiger partial charge in [-0.15, -0.1) is 11.8 Å². The Morgan fingerprint density at radius 2 is 1.96 bits per heavy atom. The number of hydrogen-bond acceptors (Lipinski definition) is 5. The molecule has 5 nitrogen and oxygen atoms in total. The summed E-state index contributed by atoms with van der Waals surface area (Å²) in [7, 11) is 0. The lowest BCUT2D eigenvalue weighted by molar-refractivity contribution is -0.113. The molecule has 0 aliphatic carbocycles. The summed E-state index contributed by atoms with van der Waals surface area (Å²) in [5, 5.41) is 2.88. The Morgan fingerprint density at radius 1 is 1.17 bits per heavy atom. The summed E-state index contributed by atoms with van der Waals surface area (Å²) in [6, 6.07) is 13.7. The van der Waals surface area contributed by atoms with E-state index in [4.69, 9.17) is 4.74 Å². The zero-order valence-corrected chi connectivity index (χ0v) is 13.6. The maximum atomic E-state index is 12.0. The van der Waals surface area contributed by atoms with Crippen LogP contribution in [0.5, 0.6) is 0 Å². The highest BCUT2D eigenvalue weighted by Crippen LogP contribution is 2.18. The average Bonchev–Trinajstić information content (AvgIpc) is 2.62. The first kappa shape index (κ1) is 15.8. The van der Waals surface area contributed by atoms with Crippen molar-refractivity contribution in [3.8, 4) is 0 Å². The Bertz CT molecular complexity index is 628. The summed E-state index contributed by atoms with van der Waals surface area (Å²) in [5.41, 5.74) is 0.723. The van der Waals surface area contributed by atoms with Crippen molar-refractivity contribution in [2.75, 3.05) is 42.3 Å². The number of thioether (sulfide) groups is 1. The number of anilines is 2. The number of amides is 1. The molecule has 1 fully saturated rings. The summed E-state index contributed by atoms with van der Waals surface area (Å²) < 4.78 is 5.33. The minimum absolute atomic E-state index is 0.0280. The van der Waals surface area contributed by atoms with Crippen LogP contribution in [0.3, 0.4) is 0 Å². The van der Waals surface area contributed by atoms with E-state index in [9.17, 15) is 4.79 Å². The molecule has 3 rings (SSSR count). The van der Waals surface area contributed by atoms with Gasteiger partial charge in [-0.3, -0.25) is 4.79 Å². The van der Waals surface area contributed by atoms with E-state index in [1.165, 1.54) is 11.8 Å². The molecule has 23 heavy (non-hydrogen) atoms. The first-order valence-electron chi connectivity index (χ1n) is 7.58. The lowest BCUT2D eigenvalue weighted by Crippen LogP contribution is -2.36. The third-order valence-corrected chi connectivity index (χ3v) is 4.49. The van der Waals surface area contributed by atoms with Gasteiger partial charge in [0, 0.05) is 18.0 Å². The summed E-state index contributed by atoms with van der Waals surface area (Å²) >= 11 is 1.52. The van der Waals surface area contributed by atoms with E-state index in [1.807, 2.05) is 42.5 Å². The smallest absolute Gasteiger partial charge is 0.234 e. The Hall–Kier alpha value is -2.05. The maximum absolute atomic E-state index is 12.0. The second-order valence-electron chi connectivity index (χ2n) is 5.15. The van der Waals surface area contributed by atoms with Gasteiger partial charge in [0.2, 0.25) is 5.91 Å². The van der Waals surface area contributed by atoms with Crippen LogP contribution in [0.15, 0.2) is 53.6 Å². The third kappa shape index (κ3) is 4.71. The fourth-order valence-corrected chi connectivity index (χ4v) is 3.02. The molecular weight excluding hydrogens is 310 g/mol. The number of nitrogens with zero attached hydrogens (tertiary/aromatic N) is 2. The fourth-order valence-electron chi connectivity index (χ4n) is 2.30. The van der Waals surface area contributed by atoms with E-state index in [0.29, 0.717) is 5.75 Å². The zero-order valence-electron chi connectivity index (χ0n) is 12.8. The quantitative estimate of drug-likeness (QED) is 0.855. The van der Waals surface area contributed by atoms with Gasteiger partial charge < -0.3 is 15.0 Å². The van der Waals surface area contributed by atoms with Gasteiger partial charge in [0.1, 0.15) is 5.82 Å². The molecule has 1 amide bonds. The predicted octanol–water partition coefficient (Wildman–Crippen LogP) is 2.65. The van der Waals surface area contributed by atoms with Crippen LogP contribution >= 0.6 is 11.8 Å². The van der Waals surface area contributed by atoms with E-state index in [2.05, 4.69) is 15.2 Å². The van der Waals surface area contributed by atoms with Gasteiger partial charge in [-0.2, -0.15) is 0 Å². The summed E-state index contributed by atoms with van der Waals surface area (Å²) in [6.07, 6.45) is 1.70. The number of carbonyl (C=O) groups excluding carboxylic acids is 1. The van der Waals surface area contributed by atoms with Crippen molar-refractivity contribution < 1.29 is 9.53 Å². The number of rotatable bonds is 5. The maximum Gasteiger partial charge on any atom is 0.234 e. The number of ether oxygens (including phenoxy) is 1. The lowest BCUT2D eigenvalue weighted by Gasteiger charge is -2.27. The number of pyridine rings is 1. The molecule has 0 spiro atoms.